The molecule has 5 aromatic rings. The van der Waals surface area contributed by atoms with Crippen molar-refractivity contribution in [3.8, 4) is 0 Å². The van der Waals surface area contributed by atoms with Crippen LogP contribution in [0.5, 0.6) is 0 Å². The molecule has 0 aliphatic carbocycles. The highest BCUT2D eigenvalue weighted by molar-refractivity contribution is 5.89. The van der Waals surface area contributed by atoms with Crippen LogP contribution in [0.25, 0.3) is 10.9 Å². The molecule has 1 N–H and O–H groups in total. The van der Waals surface area contributed by atoms with E-state index in [-0.39, 0.29) is 0 Å². The van der Waals surface area contributed by atoms with Crippen molar-refractivity contribution in [3.63, 3.8) is 0 Å². The van der Waals surface area contributed by atoms with Crippen LogP contribution in [0.1, 0.15) is 33.5 Å². The van der Waals surface area contributed by atoms with E-state index in [4.69, 9.17) is 0 Å². The molecule has 4 nitrogen and oxygen atoms in total. The van der Waals surface area contributed by atoms with E-state index < -0.39 is 0 Å². The Balaban J connectivity index is 1.68. The molecule has 4 heteroatoms. The molecule has 0 unspecified atom stereocenters. The second-order valence-corrected chi connectivity index (χ2v) is 11.0. The lowest BCUT2D eigenvalue weighted by Crippen LogP contribution is -2.12. The fraction of sp³-hybridized carbons (Fsp3) is 0.257. The lowest BCUT2D eigenvalue weighted by Gasteiger charge is -2.20. The number of hydrogen-bond donors (Lipinski definition) is 1. The van der Waals surface area contributed by atoms with E-state index in [9.17, 15) is 0 Å². The zero-order valence-electron chi connectivity index (χ0n) is 24.1. The number of fused-ring (bicyclic) bond motifs is 1. The summed E-state index contributed by atoms with van der Waals surface area (Å²) in [4.78, 5) is 10.5. The third-order valence-corrected chi connectivity index (χ3v) is 7.64. The summed E-state index contributed by atoms with van der Waals surface area (Å²) in [6.07, 6.45) is 2.62. The lowest BCUT2D eigenvalue weighted by atomic mass is 9.92. The maximum Gasteiger partial charge on any atom is 0.0462 e. The Morgan fingerprint density at radius 3 is 1.41 bits per heavy atom. The molecule has 4 aromatic carbocycles. The number of hydrogen-bond acceptors (Lipinski definition) is 3. The standard InChI is InChI=1S/C35H40N4/c1-37(2)32-19-10-7-14-25(32)22-28-17-13-18-30-35(28)29(23-26-15-8-11-20-33(26)38(3)4)31(36-30)24-27-16-9-12-21-34(27)39(5)6/h7-21,36H,22-24H2,1-6H3. The Morgan fingerprint density at radius 1 is 0.462 bits per heavy atom. The lowest BCUT2D eigenvalue weighted by molar-refractivity contribution is 1.02. The SMILES string of the molecule is CN(C)c1ccccc1Cc1[nH]c2cccc(Cc3ccccc3N(C)C)c2c1Cc1ccccc1N(C)C. The van der Waals surface area contributed by atoms with Crippen LogP contribution in [0.4, 0.5) is 17.1 Å². The van der Waals surface area contributed by atoms with E-state index in [2.05, 4.69) is 153 Å². The van der Waals surface area contributed by atoms with Crippen LogP contribution < -0.4 is 14.7 Å². The van der Waals surface area contributed by atoms with Gasteiger partial charge in [-0.25, -0.2) is 0 Å². The molecule has 1 aromatic heterocycles. The van der Waals surface area contributed by atoms with E-state index in [0.717, 1.165) is 19.3 Å². The number of aromatic nitrogens is 1. The molecule has 0 bridgehead atoms. The normalized spacial score (nSPS) is 11.1. The molecular weight excluding hydrogens is 476 g/mol. The van der Waals surface area contributed by atoms with Crippen LogP contribution in [0, 0.1) is 0 Å². The highest BCUT2D eigenvalue weighted by Crippen LogP contribution is 2.35. The van der Waals surface area contributed by atoms with E-state index >= 15 is 0 Å². The van der Waals surface area contributed by atoms with Crippen LogP contribution in [0.3, 0.4) is 0 Å². The first-order chi connectivity index (χ1) is 18.8. The number of H-pyrrole nitrogens is 1. The molecule has 5 rings (SSSR count). The molecular formula is C35H40N4. The largest absolute Gasteiger partial charge is 0.377 e. The molecule has 0 fully saturated rings. The van der Waals surface area contributed by atoms with Crippen molar-refractivity contribution >= 4 is 28.0 Å². The average Bonchev–Trinajstić information content (AvgIpc) is 3.26. The zero-order chi connectivity index (χ0) is 27.5. The second kappa shape index (κ2) is 11.3. The van der Waals surface area contributed by atoms with Gasteiger partial charge in [-0.1, -0.05) is 66.7 Å². The minimum atomic E-state index is 0.857. The van der Waals surface area contributed by atoms with Crippen molar-refractivity contribution in [1.29, 1.82) is 0 Å². The third-order valence-electron chi connectivity index (χ3n) is 7.64. The van der Waals surface area contributed by atoms with Gasteiger partial charge in [-0.3, -0.25) is 0 Å². The van der Waals surface area contributed by atoms with E-state index in [1.165, 1.54) is 61.5 Å². The summed E-state index contributed by atoms with van der Waals surface area (Å²) in [6, 6.07) is 33.0. The first-order valence-electron chi connectivity index (χ1n) is 13.7. The summed E-state index contributed by atoms with van der Waals surface area (Å²) in [5.74, 6) is 0. The molecule has 0 radical (unpaired) electrons. The quantitative estimate of drug-likeness (QED) is 0.225. The minimum absolute atomic E-state index is 0.857. The molecule has 1 heterocycles. The zero-order valence-corrected chi connectivity index (χ0v) is 24.1. The summed E-state index contributed by atoms with van der Waals surface area (Å²) in [7, 11) is 12.8. The topological polar surface area (TPSA) is 25.5 Å². The number of rotatable bonds is 9. The average molecular weight is 517 g/mol. The minimum Gasteiger partial charge on any atom is -0.377 e. The van der Waals surface area contributed by atoms with E-state index in [1.807, 2.05) is 0 Å². The van der Waals surface area contributed by atoms with Gasteiger partial charge < -0.3 is 19.7 Å². The van der Waals surface area contributed by atoms with Crippen molar-refractivity contribution in [3.05, 3.63) is 125 Å². The Morgan fingerprint density at radius 2 is 0.897 bits per heavy atom. The number of para-hydroxylation sites is 3. The van der Waals surface area contributed by atoms with Gasteiger partial charge in [0.15, 0.2) is 0 Å². The molecule has 0 saturated heterocycles. The maximum absolute atomic E-state index is 3.87. The molecule has 39 heavy (non-hydrogen) atoms. The third kappa shape index (κ3) is 5.51. The maximum atomic E-state index is 3.87. The van der Waals surface area contributed by atoms with Gasteiger partial charge in [0.05, 0.1) is 0 Å². The molecule has 0 aliphatic heterocycles. The highest BCUT2D eigenvalue weighted by Gasteiger charge is 2.19. The first kappa shape index (κ1) is 26.4. The first-order valence-corrected chi connectivity index (χ1v) is 13.7. The van der Waals surface area contributed by atoms with Gasteiger partial charge in [-0.05, 0) is 52.1 Å². The summed E-state index contributed by atoms with van der Waals surface area (Å²) in [5, 5.41) is 1.36. The summed E-state index contributed by atoms with van der Waals surface area (Å²) < 4.78 is 0. The molecule has 200 valence electrons. The fourth-order valence-corrected chi connectivity index (χ4v) is 5.82. The van der Waals surface area contributed by atoms with Gasteiger partial charge in [-0.15, -0.1) is 0 Å². The van der Waals surface area contributed by atoms with Crippen molar-refractivity contribution in [2.24, 2.45) is 0 Å². The molecule has 0 spiro atoms. The van der Waals surface area contributed by atoms with Gasteiger partial charge in [0.1, 0.15) is 0 Å². The molecule has 0 aliphatic rings. The van der Waals surface area contributed by atoms with Gasteiger partial charge in [0, 0.05) is 95.2 Å². The predicted octanol–water partition coefficient (Wildman–Crippen LogP) is 7.14. The molecule has 0 saturated carbocycles. The van der Waals surface area contributed by atoms with E-state index in [0.29, 0.717) is 0 Å². The summed E-state index contributed by atoms with van der Waals surface area (Å²) in [6.45, 7) is 0. The fourth-order valence-electron chi connectivity index (χ4n) is 5.82. The Kier molecular flexibility index (Phi) is 7.65. The monoisotopic (exact) mass is 516 g/mol. The smallest absolute Gasteiger partial charge is 0.0462 e. The van der Waals surface area contributed by atoms with Crippen LogP contribution in [0.15, 0.2) is 91.0 Å². The summed E-state index contributed by atoms with van der Waals surface area (Å²) >= 11 is 0. The van der Waals surface area contributed by atoms with Gasteiger partial charge >= 0.3 is 0 Å². The van der Waals surface area contributed by atoms with Crippen LogP contribution in [-0.2, 0) is 19.3 Å². The molecule has 0 amide bonds. The second-order valence-electron chi connectivity index (χ2n) is 11.0. The van der Waals surface area contributed by atoms with Crippen molar-refractivity contribution < 1.29 is 0 Å². The van der Waals surface area contributed by atoms with Crippen LogP contribution in [-0.4, -0.2) is 47.3 Å². The Bertz CT molecular complexity index is 1580. The predicted molar refractivity (Wildman–Crippen MR) is 169 cm³/mol. The van der Waals surface area contributed by atoms with Crippen LogP contribution in [0.2, 0.25) is 0 Å². The number of aromatic amines is 1. The number of anilines is 3. The van der Waals surface area contributed by atoms with E-state index in [1.54, 1.807) is 0 Å². The van der Waals surface area contributed by atoms with Crippen molar-refractivity contribution in [2.45, 2.75) is 19.3 Å². The van der Waals surface area contributed by atoms with Crippen LogP contribution >= 0.6 is 0 Å². The summed E-state index contributed by atoms with van der Waals surface area (Å²) in [5.41, 5.74) is 13.1. The number of nitrogens with zero attached hydrogens (tertiary/aromatic N) is 3. The number of nitrogens with one attached hydrogen (secondary N) is 1. The van der Waals surface area contributed by atoms with Crippen molar-refractivity contribution in [1.82, 2.24) is 4.98 Å². The number of benzene rings is 4. The van der Waals surface area contributed by atoms with Gasteiger partial charge in [0.25, 0.3) is 0 Å². The Hall–Kier alpha value is -4.18. The molecule has 0 atom stereocenters. The van der Waals surface area contributed by atoms with Gasteiger partial charge in [0.2, 0.25) is 0 Å². The van der Waals surface area contributed by atoms with Crippen molar-refractivity contribution in [2.75, 3.05) is 57.0 Å². The van der Waals surface area contributed by atoms with Gasteiger partial charge in [-0.2, -0.15) is 0 Å². The highest BCUT2D eigenvalue weighted by atomic mass is 15.1. The Labute approximate surface area is 233 Å².